The Labute approximate surface area is 101 Å². The van der Waals surface area contributed by atoms with Gasteiger partial charge in [0.05, 0.1) is 23.3 Å². The van der Waals surface area contributed by atoms with Crippen LogP contribution in [0.5, 0.6) is 0 Å². The van der Waals surface area contributed by atoms with Crippen LogP contribution >= 0.6 is 11.8 Å². The molecule has 1 N–H and O–H groups in total. The Morgan fingerprint density at radius 2 is 2.31 bits per heavy atom. The predicted molar refractivity (Wildman–Crippen MR) is 67.8 cm³/mol. The Morgan fingerprint density at radius 1 is 1.50 bits per heavy atom. The second-order valence-corrected chi connectivity index (χ2v) is 5.92. The minimum atomic E-state index is 0.241. The van der Waals surface area contributed by atoms with Gasteiger partial charge in [0.1, 0.15) is 0 Å². The van der Waals surface area contributed by atoms with Gasteiger partial charge >= 0.3 is 0 Å². The topological polar surface area (TPSA) is 29.9 Å². The number of aryl methyl sites for hydroxylation is 1. The highest BCUT2D eigenvalue weighted by Gasteiger charge is 2.40. The molecule has 0 unspecified atom stereocenters. The molecule has 88 valence electrons. The minimum Gasteiger partial charge on any atom is -0.333 e. The first-order valence-electron chi connectivity index (χ1n) is 6.23. The molecule has 1 aromatic heterocycles. The van der Waals surface area contributed by atoms with Crippen molar-refractivity contribution in [1.29, 1.82) is 0 Å². The van der Waals surface area contributed by atoms with Crippen molar-refractivity contribution in [3.63, 3.8) is 0 Å². The van der Waals surface area contributed by atoms with E-state index in [1.807, 2.05) is 6.33 Å². The molecule has 0 amide bonds. The van der Waals surface area contributed by atoms with Crippen molar-refractivity contribution in [2.24, 2.45) is 0 Å². The summed E-state index contributed by atoms with van der Waals surface area (Å²) in [5.74, 6) is 2.56. The van der Waals surface area contributed by atoms with Crippen LogP contribution in [0.3, 0.4) is 0 Å². The Bertz CT molecular complexity index is 366. The van der Waals surface area contributed by atoms with Crippen LogP contribution in [0.4, 0.5) is 0 Å². The van der Waals surface area contributed by atoms with Crippen LogP contribution in [-0.2, 0) is 18.5 Å². The number of nitrogens with one attached hydrogen (secondary N) is 1. The summed E-state index contributed by atoms with van der Waals surface area (Å²) in [6.07, 6.45) is 5.64. The normalized spacial score (nSPS) is 23.3. The maximum atomic E-state index is 4.59. The molecule has 3 heterocycles. The van der Waals surface area contributed by atoms with Gasteiger partial charge in [0, 0.05) is 19.5 Å². The number of rotatable bonds is 1. The SMILES string of the molecule is CCn1cnc2c1C1(CCSCC1)NCC2. The predicted octanol–water partition coefficient (Wildman–Crippen LogP) is 1.77. The van der Waals surface area contributed by atoms with Gasteiger partial charge in [-0.25, -0.2) is 4.98 Å². The van der Waals surface area contributed by atoms with Gasteiger partial charge in [-0.3, -0.25) is 0 Å². The van der Waals surface area contributed by atoms with Gasteiger partial charge in [0.25, 0.3) is 0 Å². The molecule has 0 atom stereocenters. The molecule has 1 aromatic rings. The first kappa shape index (κ1) is 10.7. The van der Waals surface area contributed by atoms with Crippen LogP contribution < -0.4 is 5.32 Å². The molecule has 3 nitrogen and oxygen atoms in total. The van der Waals surface area contributed by atoms with Crippen molar-refractivity contribution in [3.8, 4) is 0 Å². The zero-order chi connectivity index (χ0) is 11.0. The lowest BCUT2D eigenvalue weighted by atomic mass is 9.84. The molecule has 2 aliphatic rings. The quantitative estimate of drug-likeness (QED) is 0.807. The maximum Gasteiger partial charge on any atom is 0.0952 e. The van der Waals surface area contributed by atoms with Crippen molar-refractivity contribution >= 4 is 11.8 Å². The van der Waals surface area contributed by atoms with E-state index in [2.05, 4.69) is 33.6 Å². The summed E-state index contributed by atoms with van der Waals surface area (Å²) in [5.41, 5.74) is 3.07. The van der Waals surface area contributed by atoms with Crippen molar-refractivity contribution in [1.82, 2.24) is 14.9 Å². The van der Waals surface area contributed by atoms with Gasteiger partial charge in [-0.05, 0) is 31.3 Å². The first-order valence-corrected chi connectivity index (χ1v) is 7.38. The second kappa shape index (κ2) is 4.08. The van der Waals surface area contributed by atoms with E-state index in [1.54, 1.807) is 0 Å². The van der Waals surface area contributed by atoms with E-state index in [1.165, 1.54) is 35.7 Å². The number of nitrogens with zero attached hydrogens (tertiary/aromatic N) is 2. The summed E-state index contributed by atoms with van der Waals surface area (Å²) in [6.45, 7) is 4.35. The maximum absolute atomic E-state index is 4.59. The lowest BCUT2D eigenvalue weighted by Gasteiger charge is -2.41. The highest BCUT2D eigenvalue weighted by Crippen LogP contribution is 2.39. The van der Waals surface area contributed by atoms with Gasteiger partial charge in [-0.1, -0.05) is 0 Å². The Morgan fingerprint density at radius 3 is 3.06 bits per heavy atom. The molecule has 0 saturated carbocycles. The highest BCUT2D eigenvalue weighted by molar-refractivity contribution is 7.99. The molecule has 1 saturated heterocycles. The average Bonchev–Trinajstić information content (AvgIpc) is 2.75. The van der Waals surface area contributed by atoms with Gasteiger partial charge in [-0.15, -0.1) is 0 Å². The molecule has 4 heteroatoms. The average molecular weight is 237 g/mol. The van der Waals surface area contributed by atoms with E-state index in [-0.39, 0.29) is 5.54 Å². The van der Waals surface area contributed by atoms with E-state index in [0.717, 1.165) is 19.5 Å². The third-order valence-corrected chi connectivity index (χ3v) is 4.86. The van der Waals surface area contributed by atoms with Gasteiger partial charge < -0.3 is 9.88 Å². The highest BCUT2D eigenvalue weighted by atomic mass is 32.2. The Kier molecular flexibility index (Phi) is 2.72. The Hall–Kier alpha value is -0.480. The number of hydrogen-bond acceptors (Lipinski definition) is 3. The fourth-order valence-corrected chi connectivity index (χ4v) is 4.22. The van der Waals surface area contributed by atoms with Crippen molar-refractivity contribution in [3.05, 3.63) is 17.7 Å². The lowest BCUT2D eigenvalue weighted by molar-refractivity contribution is 0.272. The summed E-state index contributed by atoms with van der Waals surface area (Å²) >= 11 is 2.08. The molecule has 0 aliphatic carbocycles. The van der Waals surface area contributed by atoms with Gasteiger partial charge in [0.2, 0.25) is 0 Å². The van der Waals surface area contributed by atoms with Crippen LogP contribution in [-0.4, -0.2) is 27.6 Å². The Balaban J connectivity index is 2.06. The van der Waals surface area contributed by atoms with Crippen LogP contribution in [0.15, 0.2) is 6.33 Å². The van der Waals surface area contributed by atoms with E-state index in [0.29, 0.717) is 0 Å². The first-order chi connectivity index (χ1) is 7.86. The van der Waals surface area contributed by atoms with Crippen LogP contribution in [0.25, 0.3) is 0 Å². The molecule has 2 aliphatic heterocycles. The molecule has 16 heavy (non-hydrogen) atoms. The summed E-state index contributed by atoms with van der Waals surface area (Å²) < 4.78 is 2.34. The molecule has 1 fully saturated rings. The monoisotopic (exact) mass is 237 g/mol. The fourth-order valence-electron chi connectivity index (χ4n) is 3.04. The fraction of sp³-hybridized carbons (Fsp3) is 0.750. The summed E-state index contributed by atoms with van der Waals surface area (Å²) in [7, 11) is 0. The summed E-state index contributed by atoms with van der Waals surface area (Å²) in [4.78, 5) is 4.59. The van der Waals surface area contributed by atoms with Crippen molar-refractivity contribution in [2.75, 3.05) is 18.1 Å². The molecular formula is C12H19N3S. The second-order valence-electron chi connectivity index (χ2n) is 4.70. The standard InChI is InChI=1S/C12H19N3S/c1-2-15-9-13-10-3-6-14-12(11(10)15)4-7-16-8-5-12/h9,14H,2-8H2,1H3. The third-order valence-electron chi connectivity index (χ3n) is 3.88. The van der Waals surface area contributed by atoms with E-state index in [4.69, 9.17) is 0 Å². The summed E-state index contributed by atoms with van der Waals surface area (Å²) in [6, 6.07) is 0. The van der Waals surface area contributed by atoms with Gasteiger partial charge in [-0.2, -0.15) is 11.8 Å². The molecule has 0 aromatic carbocycles. The van der Waals surface area contributed by atoms with Crippen LogP contribution in [0.2, 0.25) is 0 Å². The number of thioether (sulfide) groups is 1. The van der Waals surface area contributed by atoms with Crippen molar-refractivity contribution in [2.45, 2.75) is 38.3 Å². The molecule has 1 spiro atoms. The summed E-state index contributed by atoms with van der Waals surface area (Å²) in [5, 5.41) is 3.78. The number of imidazole rings is 1. The van der Waals surface area contributed by atoms with Crippen LogP contribution in [0, 0.1) is 0 Å². The largest absolute Gasteiger partial charge is 0.333 e. The minimum absolute atomic E-state index is 0.241. The van der Waals surface area contributed by atoms with Crippen molar-refractivity contribution < 1.29 is 0 Å². The van der Waals surface area contributed by atoms with E-state index >= 15 is 0 Å². The van der Waals surface area contributed by atoms with Crippen LogP contribution in [0.1, 0.15) is 31.2 Å². The zero-order valence-electron chi connectivity index (χ0n) is 9.83. The zero-order valence-corrected chi connectivity index (χ0v) is 10.6. The molecule has 0 bridgehead atoms. The number of aromatic nitrogens is 2. The van der Waals surface area contributed by atoms with E-state index in [9.17, 15) is 0 Å². The molecular weight excluding hydrogens is 218 g/mol. The number of fused-ring (bicyclic) bond motifs is 2. The molecule has 0 radical (unpaired) electrons. The molecule has 3 rings (SSSR count). The smallest absolute Gasteiger partial charge is 0.0952 e. The third kappa shape index (κ3) is 1.51. The van der Waals surface area contributed by atoms with E-state index < -0.39 is 0 Å². The number of hydrogen-bond donors (Lipinski definition) is 1. The van der Waals surface area contributed by atoms with Gasteiger partial charge in [0.15, 0.2) is 0 Å². The lowest BCUT2D eigenvalue weighted by Crippen LogP contribution is -2.50.